The topological polar surface area (TPSA) is 73.4 Å². The van der Waals surface area contributed by atoms with Gasteiger partial charge in [0.15, 0.2) is 5.78 Å². The molecule has 1 amide bonds. The van der Waals surface area contributed by atoms with Crippen molar-refractivity contribution in [1.82, 2.24) is 9.88 Å². The third-order valence-corrected chi connectivity index (χ3v) is 4.90. The quantitative estimate of drug-likeness (QED) is 0.810. The van der Waals surface area contributed by atoms with Crippen molar-refractivity contribution in [3.63, 3.8) is 0 Å². The molecular weight excluding hydrogens is 328 g/mol. The number of carbonyl (C=O) groups is 2. The number of aliphatic hydroxyl groups is 1. The van der Waals surface area contributed by atoms with Crippen LogP contribution in [0.5, 0.6) is 0 Å². The zero-order valence-corrected chi connectivity index (χ0v) is 15.4. The van der Waals surface area contributed by atoms with Gasteiger partial charge in [0.05, 0.1) is 5.60 Å². The maximum atomic E-state index is 12.7. The minimum absolute atomic E-state index is 0.0705. The number of carbonyl (C=O) groups excluding carboxylic acids is 2. The van der Waals surface area contributed by atoms with Crippen LogP contribution in [0.1, 0.15) is 59.5 Å². The van der Waals surface area contributed by atoms with Crippen molar-refractivity contribution in [2.75, 3.05) is 13.1 Å². The first-order valence-electron chi connectivity index (χ1n) is 9.13. The molecule has 1 aromatic carbocycles. The fraction of sp³-hybridized carbons (Fsp3) is 0.429. The van der Waals surface area contributed by atoms with Gasteiger partial charge < -0.3 is 15.0 Å². The van der Waals surface area contributed by atoms with Gasteiger partial charge in [0.25, 0.3) is 5.91 Å². The van der Waals surface area contributed by atoms with Gasteiger partial charge in [-0.25, -0.2) is 0 Å². The van der Waals surface area contributed by atoms with E-state index in [1.807, 2.05) is 36.9 Å². The van der Waals surface area contributed by atoms with Gasteiger partial charge >= 0.3 is 0 Å². The van der Waals surface area contributed by atoms with Gasteiger partial charge in [-0.3, -0.25) is 9.59 Å². The first kappa shape index (κ1) is 18.4. The normalized spacial score (nSPS) is 15.9. The standard InChI is InChI=1S/C21H26N2O3/c1-21(2,26)13-15-8-10-23(11-9-15)20(25)18-12-17(14-22-18)19(24)16-6-4-3-5-7-16/h3-7,12,14-15,22,26H,8-11,13H2,1-2H3. The summed E-state index contributed by atoms with van der Waals surface area (Å²) in [6.07, 6.45) is 4.15. The maximum absolute atomic E-state index is 12.7. The highest BCUT2D eigenvalue weighted by molar-refractivity contribution is 6.10. The Bertz CT molecular complexity index is 766. The molecule has 2 N–H and O–H groups in total. The van der Waals surface area contributed by atoms with Crippen LogP contribution in [-0.4, -0.2) is 45.4 Å². The average molecular weight is 354 g/mol. The van der Waals surface area contributed by atoms with Crippen molar-refractivity contribution in [3.05, 3.63) is 59.4 Å². The molecule has 5 heteroatoms. The third kappa shape index (κ3) is 4.41. The van der Waals surface area contributed by atoms with Crippen molar-refractivity contribution in [3.8, 4) is 0 Å². The Balaban J connectivity index is 1.61. The molecule has 2 aromatic rings. The lowest BCUT2D eigenvalue weighted by Crippen LogP contribution is -2.40. The number of likely N-dealkylation sites (tertiary alicyclic amines) is 1. The van der Waals surface area contributed by atoms with Gasteiger partial charge in [-0.15, -0.1) is 0 Å². The van der Waals surface area contributed by atoms with Gasteiger partial charge in [0.2, 0.25) is 0 Å². The zero-order valence-electron chi connectivity index (χ0n) is 15.4. The van der Waals surface area contributed by atoms with Gasteiger partial charge in [-0.2, -0.15) is 0 Å². The van der Waals surface area contributed by atoms with Crippen LogP contribution in [0.2, 0.25) is 0 Å². The molecule has 5 nitrogen and oxygen atoms in total. The molecule has 0 atom stereocenters. The summed E-state index contributed by atoms with van der Waals surface area (Å²) >= 11 is 0. The maximum Gasteiger partial charge on any atom is 0.270 e. The molecule has 1 fully saturated rings. The van der Waals surface area contributed by atoms with Crippen molar-refractivity contribution in [1.29, 1.82) is 0 Å². The summed E-state index contributed by atoms with van der Waals surface area (Å²) < 4.78 is 0. The zero-order chi connectivity index (χ0) is 18.7. The first-order chi connectivity index (χ1) is 12.3. The molecular formula is C21H26N2O3. The van der Waals surface area contributed by atoms with Gasteiger partial charge in [0.1, 0.15) is 5.69 Å². The highest BCUT2D eigenvalue weighted by Gasteiger charge is 2.28. The highest BCUT2D eigenvalue weighted by Crippen LogP contribution is 2.26. The lowest BCUT2D eigenvalue weighted by atomic mass is 9.86. The fourth-order valence-electron chi connectivity index (χ4n) is 3.62. The van der Waals surface area contributed by atoms with Crippen LogP contribution >= 0.6 is 0 Å². The molecule has 138 valence electrons. The minimum Gasteiger partial charge on any atom is -0.390 e. The Morgan fingerprint density at radius 3 is 2.42 bits per heavy atom. The molecule has 0 unspecified atom stereocenters. The second-order valence-electron chi connectivity index (χ2n) is 7.75. The number of ketones is 1. The second kappa shape index (κ2) is 7.46. The van der Waals surface area contributed by atoms with E-state index in [9.17, 15) is 14.7 Å². The van der Waals surface area contributed by atoms with Crippen LogP contribution in [-0.2, 0) is 0 Å². The average Bonchev–Trinajstić information content (AvgIpc) is 3.10. The van der Waals surface area contributed by atoms with E-state index in [0.717, 1.165) is 19.3 Å². The van der Waals surface area contributed by atoms with Crippen LogP contribution in [0.4, 0.5) is 0 Å². The summed E-state index contributed by atoms with van der Waals surface area (Å²) in [5.41, 5.74) is 0.892. The largest absolute Gasteiger partial charge is 0.390 e. The molecule has 0 aliphatic carbocycles. The predicted molar refractivity (Wildman–Crippen MR) is 100 cm³/mol. The van der Waals surface area contributed by atoms with Gasteiger partial charge in [-0.05, 0) is 45.1 Å². The van der Waals surface area contributed by atoms with E-state index < -0.39 is 5.60 Å². The van der Waals surface area contributed by atoms with Crippen molar-refractivity contribution < 1.29 is 14.7 Å². The number of benzene rings is 1. The summed E-state index contributed by atoms with van der Waals surface area (Å²) in [5.74, 6) is 0.279. The van der Waals surface area contributed by atoms with E-state index in [0.29, 0.717) is 35.8 Å². The van der Waals surface area contributed by atoms with E-state index in [-0.39, 0.29) is 11.7 Å². The number of aromatic amines is 1. The highest BCUT2D eigenvalue weighted by atomic mass is 16.3. The molecule has 0 spiro atoms. The SMILES string of the molecule is CC(C)(O)CC1CCN(C(=O)c2cc(C(=O)c3ccccc3)c[nH]2)CC1. The Hall–Kier alpha value is -2.40. The van der Waals surface area contributed by atoms with E-state index in [1.54, 1.807) is 24.4 Å². The Kier molecular flexibility index (Phi) is 5.28. The van der Waals surface area contributed by atoms with E-state index >= 15 is 0 Å². The summed E-state index contributed by atoms with van der Waals surface area (Å²) in [5, 5.41) is 9.95. The number of nitrogens with one attached hydrogen (secondary N) is 1. The molecule has 1 aliphatic heterocycles. The molecule has 0 bridgehead atoms. The number of nitrogens with zero attached hydrogens (tertiary/aromatic N) is 1. The summed E-state index contributed by atoms with van der Waals surface area (Å²) in [7, 11) is 0. The number of rotatable bonds is 5. The summed E-state index contributed by atoms with van der Waals surface area (Å²) in [6.45, 7) is 5.02. The van der Waals surface area contributed by atoms with Crippen molar-refractivity contribution in [2.24, 2.45) is 5.92 Å². The lowest BCUT2D eigenvalue weighted by molar-refractivity contribution is 0.0357. The molecule has 1 saturated heterocycles. The first-order valence-corrected chi connectivity index (χ1v) is 9.13. The summed E-state index contributed by atoms with van der Waals surface area (Å²) in [6, 6.07) is 10.7. The lowest BCUT2D eigenvalue weighted by Gasteiger charge is -2.34. The third-order valence-electron chi connectivity index (χ3n) is 4.90. The number of hydrogen-bond acceptors (Lipinski definition) is 3. The Morgan fingerprint density at radius 2 is 1.81 bits per heavy atom. The number of aromatic nitrogens is 1. The number of hydrogen-bond donors (Lipinski definition) is 2. The minimum atomic E-state index is -0.664. The molecule has 3 rings (SSSR count). The van der Waals surface area contributed by atoms with Crippen LogP contribution in [0.3, 0.4) is 0 Å². The molecule has 1 aliphatic rings. The molecule has 0 saturated carbocycles. The smallest absolute Gasteiger partial charge is 0.270 e. The molecule has 0 radical (unpaired) electrons. The van der Waals surface area contributed by atoms with Crippen LogP contribution in [0.25, 0.3) is 0 Å². The van der Waals surface area contributed by atoms with Crippen LogP contribution in [0, 0.1) is 5.92 Å². The molecule has 1 aromatic heterocycles. The van der Waals surface area contributed by atoms with Crippen molar-refractivity contribution in [2.45, 2.75) is 38.7 Å². The van der Waals surface area contributed by atoms with Crippen LogP contribution in [0.15, 0.2) is 42.6 Å². The Morgan fingerprint density at radius 1 is 1.15 bits per heavy atom. The Labute approximate surface area is 154 Å². The molecule has 2 heterocycles. The van der Waals surface area contributed by atoms with Crippen LogP contribution < -0.4 is 0 Å². The second-order valence-corrected chi connectivity index (χ2v) is 7.75. The molecule has 26 heavy (non-hydrogen) atoms. The number of piperidine rings is 1. The van der Waals surface area contributed by atoms with Crippen molar-refractivity contribution >= 4 is 11.7 Å². The van der Waals surface area contributed by atoms with E-state index in [1.165, 1.54) is 0 Å². The van der Waals surface area contributed by atoms with E-state index in [2.05, 4.69) is 4.98 Å². The van der Waals surface area contributed by atoms with E-state index in [4.69, 9.17) is 0 Å². The van der Waals surface area contributed by atoms with Gasteiger partial charge in [-0.1, -0.05) is 30.3 Å². The number of H-pyrrole nitrogens is 1. The summed E-state index contributed by atoms with van der Waals surface area (Å²) in [4.78, 5) is 29.9. The monoisotopic (exact) mass is 354 g/mol. The van der Waals surface area contributed by atoms with Gasteiger partial charge in [0, 0.05) is 30.4 Å². The number of amides is 1. The fourth-order valence-corrected chi connectivity index (χ4v) is 3.62. The predicted octanol–water partition coefficient (Wildman–Crippen LogP) is 3.26.